The van der Waals surface area contributed by atoms with Gasteiger partial charge < -0.3 is 15.0 Å². The number of anilines is 2. The van der Waals surface area contributed by atoms with Crippen molar-refractivity contribution in [3.8, 4) is 11.1 Å². The van der Waals surface area contributed by atoms with Gasteiger partial charge in [0.25, 0.3) is 0 Å². The van der Waals surface area contributed by atoms with Crippen molar-refractivity contribution in [1.29, 1.82) is 0 Å². The number of benzene rings is 1. The van der Waals surface area contributed by atoms with E-state index in [4.69, 9.17) is 5.73 Å². The molecule has 156 valence electrons. The smallest absolute Gasteiger partial charge is 0.411 e. The second-order valence-corrected chi connectivity index (χ2v) is 9.46. The van der Waals surface area contributed by atoms with Gasteiger partial charge in [-0.3, -0.25) is 10.3 Å². The second kappa shape index (κ2) is 9.78. The first-order valence-electron chi connectivity index (χ1n) is 9.15. The number of rotatable bonds is 7. The van der Waals surface area contributed by atoms with Crippen LogP contribution in [-0.4, -0.2) is 27.5 Å². The lowest BCUT2D eigenvalue weighted by Gasteiger charge is -2.27. The first-order valence-corrected chi connectivity index (χ1v) is 10.3. The van der Waals surface area contributed by atoms with E-state index in [2.05, 4.69) is 26.3 Å². The minimum absolute atomic E-state index is 0.242. The number of pyridine rings is 1. The van der Waals surface area contributed by atoms with Gasteiger partial charge >= 0.3 is 6.09 Å². The number of nitrogens with two attached hydrogens (primary N) is 1. The van der Waals surface area contributed by atoms with Gasteiger partial charge in [-0.2, -0.15) is 0 Å². The maximum absolute atomic E-state index is 12.6. The highest BCUT2D eigenvalue weighted by atomic mass is 32.2. The summed E-state index contributed by atoms with van der Waals surface area (Å²) >= 11 is -1.25. The zero-order valence-electron chi connectivity index (χ0n) is 17.2. The molecule has 0 fully saturated rings. The minimum atomic E-state index is -1.25. The molecule has 2 atom stereocenters. The van der Waals surface area contributed by atoms with Crippen LogP contribution in [0.15, 0.2) is 49.2 Å². The SMILES string of the molecule is C=CC[C@H](N[S@@+]([O-])C(C)(C)C)c1cc(-c2ccc(NC(=O)OC)cc2N)ccn1. The molecule has 2 rings (SSSR count). The number of nitrogen functional groups attached to an aromatic ring is 1. The predicted octanol–water partition coefficient (Wildman–Crippen LogP) is 4.18. The molecule has 1 amide bonds. The summed E-state index contributed by atoms with van der Waals surface area (Å²) in [6.07, 6.45) is 3.49. The quantitative estimate of drug-likeness (QED) is 0.355. The number of aromatic nitrogens is 1. The van der Waals surface area contributed by atoms with Crippen LogP contribution in [0.5, 0.6) is 0 Å². The van der Waals surface area contributed by atoms with E-state index in [1.807, 2.05) is 39.0 Å². The molecule has 1 aromatic carbocycles. The Hall–Kier alpha value is -2.55. The largest absolute Gasteiger partial charge is 0.598 e. The lowest BCUT2D eigenvalue weighted by atomic mass is 10.0. The molecule has 0 aliphatic rings. The fourth-order valence-corrected chi connectivity index (χ4v) is 3.41. The van der Waals surface area contributed by atoms with Gasteiger partial charge in [-0.05, 0) is 57.0 Å². The van der Waals surface area contributed by atoms with Crippen LogP contribution >= 0.6 is 0 Å². The van der Waals surface area contributed by atoms with Crippen LogP contribution in [-0.2, 0) is 16.1 Å². The third-order valence-corrected chi connectivity index (χ3v) is 5.75. The summed E-state index contributed by atoms with van der Waals surface area (Å²) in [6.45, 7) is 9.54. The maximum Gasteiger partial charge on any atom is 0.411 e. The average molecular weight is 417 g/mol. The highest BCUT2D eigenvalue weighted by molar-refractivity contribution is 7.90. The van der Waals surface area contributed by atoms with E-state index in [1.165, 1.54) is 7.11 Å². The van der Waals surface area contributed by atoms with E-state index in [9.17, 15) is 9.35 Å². The Labute approximate surface area is 175 Å². The van der Waals surface area contributed by atoms with Gasteiger partial charge in [0, 0.05) is 34.5 Å². The normalized spacial score (nSPS) is 13.4. The van der Waals surface area contributed by atoms with E-state index in [-0.39, 0.29) is 6.04 Å². The van der Waals surface area contributed by atoms with Crippen LogP contribution in [0.25, 0.3) is 11.1 Å². The number of methoxy groups -OCH3 is 1. The molecule has 0 spiro atoms. The third kappa shape index (κ3) is 6.22. The summed E-state index contributed by atoms with van der Waals surface area (Å²) < 4.78 is 19.9. The molecular weight excluding hydrogens is 388 g/mol. The van der Waals surface area contributed by atoms with Crippen LogP contribution in [0.1, 0.15) is 38.9 Å². The van der Waals surface area contributed by atoms with E-state index in [1.54, 1.807) is 24.4 Å². The molecule has 0 unspecified atom stereocenters. The van der Waals surface area contributed by atoms with Crippen molar-refractivity contribution in [2.24, 2.45) is 0 Å². The Morgan fingerprint density at radius 3 is 2.69 bits per heavy atom. The summed E-state index contributed by atoms with van der Waals surface area (Å²) in [5.41, 5.74) is 9.66. The van der Waals surface area contributed by atoms with Crippen molar-refractivity contribution in [2.45, 2.75) is 38.0 Å². The van der Waals surface area contributed by atoms with Gasteiger partial charge in [-0.15, -0.1) is 11.3 Å². The minimum Gasteiger partial charge on any atom is -0.598 e. The average Bonchev–Trinajstić information content (AvgIpc) is 2.67. The molecule has 4 N–H and O–H groups in total. The summed E-state index contributed by atoms with van der Waals surface area (Å²) in [6, 6.07) is 8.77. The Kier molecular flexibility index (Phi) is 7.66. The summed E-state index contributed by atoms with van der Waals surface area (Å²) in [5.74, 6) is 0. The van der Waals surface area contributed by atoms with Crippen LogP contribution in [0.2, 0.25) is 0 Å². The van der Waals surface area contributed by atoms with Gasteiger partial charge in [-0.25, -0.2) is 4.79 Å². The maximum atomic E-state index is 12.6. The number of hydrogen-bond acceptors (Lipinski definition) is 6. The van der Waals surface area contributed by atoms with Crippen LogP contribution in [0, 0.1) is 0 Å². The lowest BCUT2D eigenvalue weighted by Crippen LogP contribution is -2.41. The van der Waals surface area contributed by atoms with Crippen molar-refractivity contribution in [3.63, 3.8) is 0 Å². The Balaban J connectivity index is 2.31. The fraction of sp³-hybridized carbons (Fsp3) is 0.333. The third-order valence-electron chi connectivity index (χ3n) is 4.14. The second-order valence-electron chi connectivity index (χ2n) is 7.46. The fourth-order valence-electron chi connectivity index (χ4n) is 2.58. The molecule has 0 saturated carbocycles. The highest BCUT2D eigenvalue weighted by Crippen LogP contribution is 2.31. The number of amides is 1. The number of hydrogen-bond donors (Lipinski definition) is 3. The molecule has 7 nitrogen and oxygen atoms in total. The molecule has 2 aromatic rings. The Bertz CT molecular complexity index is 867. The Morgan fingerprint density at radius 1 is 1.38 bits per heavy atom. The van der Waals surface area contributed by atoms with Crippen molar-refractivity contribution in [1.82, 2.24) is 9.71 Å². The Morgan fingerprint density at radius 2 is 2.10 bits per heavy atom. The van der Waals surface area contributed by atoms with Crippen molar-refractivity contribution >= 4 is 28.8 Å². The van der Waals surface area contributed by atoms with Crippen LogP contribution in [0.4, 0.5) is 16.2 Å². The highest BCUT2D eigenvalue weighted by Gasteiger charge is 2.30. The predicted molar refractivity (Wildman–Crippen MR) is 119 cm³/mol. The zero-order chi connectivity index (χ0) is 21.6. The van der Waals surface area contributed by atoms with Crippen LogP contribution < -0.4 is 15.8 Å². The van der Waals surface area contributed by atoms with E-state index >= 15 is 0 Å². The summed E-state index contributed by atoms with van der Waals surface area (Å²) in [5, 5.41) is 2.58. The summed E-state index contributed by atoms with van der Waals surface area (Å²) in [4.78, 5) is 15.8. The monoisotopic (exact) mass is 416 g/mol. The van der Waals surface area contributed by atoms with Crippen LogP contribution in [0.3, 0.4) is 0 Å². The number of nitrogens with zero attached hydrogens (tertiary/aromatic N) is 1. The number of carbonyl (C=O) groups is 1. The van der Waals surface area contributed by atoms with Gasteiger partial charge in [-0.1, -0.05) is 12.1 Å². The molecule has 0 bridgehead atoms. The first kappa shape index (κ1) is 22.7. The molecule has 8 heteroatoms. The number of nitrogens with one attached hydrogen (secondary N) is 2. The van der Waals surface area contributed by atoms with E-state index in [0.29, 0.717) is 17.8 Å². The molecule has 0 aliphatic carbocycles. The van der Waals surface area contributed by atoms with Gasteiger partial charge in [0.2, 0.25) is 0 Å². The van der Waals surface area contributed by atoms with Crippen molar-refractivity contribution in [3.05, 3.63) is 54.9 Å². The molecule has 0 radical (unpaired) electrons. The van der Waals surface area contributed by atoms with Gasteiger partial charge in [0.1, 0.15) is 4.75 Å². The lowest BCUT2D eigenvalue weighted by molar-refractivity contribution is 0.187. The molecule has 1 aromatic heterocycles. The molecule has 29 heavy (non-hydrogen) atoms. The van der Waals surface area contributed by atoms with E-state index < -0.39 is 22.2 Å². The van der Waals surface area contributed by atoms with Gasteiger partial charge in [0.05, 0.1) is 18.8 Å². The molecular formula is C21H28N4O3S. The molecule has 0 saturated heterocycles. The van der Waals surface area contributed by atoms with Crippen molar-refractivity contribution < 1.29 is 14.1 Å². The molecule has 0 aliphatic heterocycles. The molecule has 1 heterocycles. The summed E-state index contributed by atoms with van der Waals surface area (Å²) in [7, 11) is 1.30. The topological polar surface area (TPSA) is 112 Å². The number of carbonyl (C=O) groups excluding carboxylic acids is 1. The van der Waals surface area contributed by atoms with Crippen molar-refractivity contribution in [2.75, 3.05) is 18.2 Å². The first-order chi connectivity index (χ1) is 13.7. The van der Waals surface area contributed by atoms with E-state index in [0.717, 1.165) is 16.8 Å². The van der Waals surface area contributed by atoms with Gasteiger partial charge in [0.15, 0.2) is 0 Å². The standard InChI is InChI=1S/C21H28N4O3S/c1-6-7-18(25-29(27)21(2,3)4)19-12-14(10-11-23-19)16-9-8-15(13-17(16)22)24-20(26)28-5/h6,8-13,18,25H,1,7,22H2,2-5H3,(H,24,26)/t18-,29-/m0/s1. The number of ether oxygens (including phenoxy) is 1. The zero-order valence-corrected chi connectivity index (χ0v) is 18.0.